The molecule has 1 aromatic rings. The predicted molar refractivity (Wildman–Crippen MR) is 63.2 cm³/mol. The number of nitrogens with zero attached hydrogens (tertiary/aromatic N) is 2. The molecule has 1 heterocycles. The van der Waals surface area contributed by atoms with Gasteiger partial charge in [0.1, 0.15) is 0 Å². The van der Waals surface area contributed by atoms with E-state index in [2.05, 4.69) is 4.90 Å². The summed E-state index contributed by atoms with van der Waals surface area (Å²) in [4.78, 5) is 16.0. The molecule has 1 aromatic carbocycles. The van der Waals surface area contributed by atoms with Gasteiger partial charge in [-0.25, -0.2) is 0 Å². The molecule has 0 spiro atoms. The van der Waals surface area contributed by atoms with Gasteiger partial charge in [0.25, 0.3) is 5.91 Å². The maximum atomic E-state index is 12.1. The average molecular weight is 236 g/mol. The van der Waals surface area contributed by atoms with E-state index in [4.69, 9.17) is 0 Å². The Morgan fingerprint density at radius 1 is 1.12 bits per heavy atom. The van der Waals surface area contributed by atoms with Crippen LogP contribution in [0.15, 0.2) is 18.2 Å². The zero-order chi connectivity index (χ0) is 12.4. The molecule has 5 heteroatoms. The van der Waals surface area contributed by atoms with E-state index in [-0.39, 0.29) is 17.4 Å². The number of aromatic hydroxyl groups is 2. The van der Waals surface area contributed by atoms with E-state index in [1.165, 1.54) is 18.2 Å². The molecule has 1 aliphatic rings. The second-order valence-electron chi connectivity index (χ2n) is 4.30. The SMILES string of the molecule is CN1CCN(C(=O)c2ccc(O)c(O)c2)CC1. The zero-order valence-corrected chi connectivity index (χ0v) is 9.76. The van der Waals surface area contributed by atoms with Crippen molar-refractivity contribution >= 4 is 5.91 Å². The van der Waals surface area contributed by atoms with Gasteiger partial charge >= 0.3 is 0 Å². The van der Waals surface area contributed by atoms with Gasteiger partial charge in [0.2, 0.25) is 0 Å². The lowest BCUT2D eigenvalue weighted by Crippen LogP contribution is -2.47. The fourth-order valence-electron chi connectivity index (χ4n) is 1.85. The summed E-state index contributed by atoms with van der Waals surface area (Å²) in [6, 6.07) is 4.16. The molecule has 0 aliphatic carbocycles. The highest BCUT2D eigenvalue weighted by Crippen LogP contribution is 2.25. The first-order chi connectivity index (χ1) is 8.08. The minimum atomic E-state index is -0.259. The van der Waals surface area contributed by atoms with Crippen LogP contribution in [0.2, 0.25) is 0 Å². The quantitative estimate of drug-likeness (QED) is 0.696. The van der Waals surface area contributed by atoms with Crippen LogP contribution in [-0.2, 0) is 0 Å². The zero-order valence-electron chi connectivity index (χ0n) is 9.76. The van der Waals surface area contributed by atoms with E-state index in [9.17, 15) is 15.0 Å². The molecule has 0 saturated carbocycles. The van der Waals surface area contributed by atoms with Crippen molar-refractivity contribution in [2.75, 3.05) is 33.2 Å². The monoisotopic (exact) mass is 236 g/mol. The third-order valence-corrected chi connectivity index (χ3v) is 3.01. The lowest BCUT2D eigenvalue weighted by atomic mass is 10.1. The highest BCUT2D eigenvalue weighted by Gasteiger charge is 2.20. The van der Waals surface area contributed by atoms with E-state index in [0.29, 0.717) is 18.7 Å². The molecule has 0 aromatic heterocycles. The van der Waals surface area contributed by atoms with Crippen LogP contribution >= 0.6 is 0 Å². The molecule has 1 aliphatic heterocycles. The highest BCUT2D eigenvalue weighted by atomic mass is 16.3. The van der Waals surface area contributed by atoms with E-state index in [1.54, 1.807) is 4.90 Å². The number of likely N-dealkylation sites (N-methyl/N-ethyl adjacent to an activating group) is 1. The van der Waals surface area contributed by atoms with Crippen molar-refractivity contribution < 1.29 is 15.0 Å². The fraction of sp³-hybridized carbons (Fsp3) is 0.417. The molecule has 2 rings (SSSR count). The summed E-state index contributed by atoms with van der Waals surface area (Å²) < 4.78 is 0. The molecule has 5 nitrogen and oxygen atoms in total. The van der Waals surface area contributed by atoms with Gasteiger partial charge in [0.05, 0.1) is 0 Å². The number of hydrogen-bond acceptors (Lipinski definition) is 4. The second kappa shape index (κ2) is 4.63. The summed E-state index contributed by atoms with van der Waals surface area (Å²) in [5.41, 5.74) is 0.407. The van der Waals surface area contributed by atoms with E-state index >= 15 is 0 Å². The third-order valence-electron chi connectivity index (χ3n) is 3.01. The van der Waals surface area contributed by atoms with Gasteiger partial charge in [-0.05, 0) is 25.2 Å². The summed E-state index contributed by atoms with van der Waals surface area (Å²) in [7, 11) is 2.02. The lowest BCUT2D eigenvalue weighted by molar-refractivity contribution is 0.0663. The topological polar surface area (TPSA) is 64.0 Å². The van der Waals surface area contributed by atoms with Gasteiger partial charge < -0.3 is 20.0 Å². The van der Waals surface area contributed by atoms with Gasteiger partial charge in [-0.3, -0.25) is 4.79 Å². The van der Waals surface area contributed by atoms with Crippen molar-refractivity contribution in [1.29, 1.82) is 0 Å². The number of phenols is 2. The van der Waals surface area contributed by atoms with Gasteiger partial charge in [0, 0.05) is 31.7 Å². The molecule has 17 heavy (non-hydrogen) atoms. The Balaban J connectivity index is 2.11. The Bertz CT molecular complexity index is 426. The first-order valence-electron chi connectivity index (χ1n) is 5.58. The van der Waals surface area contributed by atoms with Crippen LogP contribution in [0.25, 0.3) is 0 Å². The number of piperazine rings is 1. The standard InChI is InChI=1S/C12H16N2O3/c1-13-4-6-14(7-5-13)12(17)9-2-3-10(15)11(16)8-9/h2-3,8,15-16H,4-7H2,1H3. The molecule has 0 unspecified atom stereocenters. The van der Waals surface area contributed by atoms with Crippen molar-refractivity contribution in [3.8, 4) is 11.5 Å². The summed E-state index contributed by atoms with van der Waals surface area (Å²) in [5.74, 6) is -0.571. The predicted octanol–water partition coefficient (Wildman–Crippen LogP) is 0.485. The molecule has 1 saturated heterocycles. The molecule has 0 atom stereocenters. The maximum absolute atomic E-state index is 12.1. The normalized spacial score (nSPS) is 17.1. The van der Waals surface area contributed by atoms with E-state index in [1.807, 2.05) is 7.05 Å². The van der Waals surface area contributed by atoms with Gasteiger partial charge in [-0.15, -0.1) is 0 Å². The van der Waals surface area contributed by atoms with Gasteiger partial charge in [-0.2, -0.15) is 0 Å². The van der Waals surface area contributed by atoms with Crippen LogP contribution in [0.5, 0.6) is 11.5 Å². The smallest absolute Gasteiger partial charge is 0.254 e. The lowest BCUT2D eigenvalue weighted by Gasteiger charge is -2.32. The highest BCUT2D eigenvalue weighted by molar-refractivity contribution is 5.95. The number of hydrogen-bond donors (Lipinski definition) is 2. The number of carbonyl (C=O) groups excluding carboxylic acids is 1. The number of benzene rings is 1. The minimum Gasteiger partial charge on any atom is -0.504 e. The average Bonchev–Trinajstić information content (AvgIpc) is 2.33. The van der Waals surface area contributed by atoms with Gasteiger partial charge in [-0.1, -0.05) is 0 Å². The van der Waals surface area contributed by atoms with Crippen molar-refractivity contribution in [2.45, 2.75) is 0 Å². The largest absolute Gasteiger partial charge is 0.504 e. The molecule has 0 radical (unpaired) electrons. The summed E-state index contributed by atoms with van der Waals surface area (Å²) in [5, 5.41) is 18.5. The molecule has 1 fully saturated rings. The van der Waals surface area contributed by atoms with Crippen molar-refractivity contribution in [3.63, 3.8) is 0 Å². The fourth-order valence-corrected chi connectivity index (χ4v) is 1.85. The Kier molecular flexibility index (Phi) is 3.19. The Morgan fingerprint density at radius 3 is 2.35 bits per heavy atom. The Labute approximate surface area is 99.9 Å². The minimum absolute atomic E-state index is 0.103. The second-order valence-corrected chi connectivity index (χ2v) is 4.30. The number of rotatable bonds is 1. The van der Waals surface area contributed by atoms with Crippen LogP contribution in [0.4, 0.5) is 0 Å². The molecule has 2 N–H and O–H groups in total. The van der Waals surface area contributed by atoms with E-state index in [0.717, 1.165) is 13.1 Å². The van der Waals surface area contributed by atoms with Crippen LogP contribution < -0.4 is 0 Å². The molecular formula is C12H16N2O3. The van der Waals surface area contributed by atoms with Gasteiger partial charge in [0.15, 0.2) is 11.5 Å². The van der Waals surface area contributed by atoms with Crippen molar-refractivity contribution in [2.24, 2.45) is 0 Å². The first-order valence-corrected chi connectivity index (χ1v) is 5.58. The van der Waals surface area contributed by atoms with Crippen LogP contribution in [0.1, 0.15) is 10.4 Å². The Hall–Kier alpha value is -1.75. The number of phenolic OH excluding ortho intramolecular Hbond substituents is 2. The van der Waals surface area contributed by atoms with Crippen LogP contribution in [-0.4, -0.2) is 59.1 Å². The summed E-state index contributed by atoms with van der Waals surface area (Å²) in [6.45, 7) is 3.10. The summed E-state index contributed by atoms with van der Waals surface area (Å²) in [6.07, 6.45) is 0. The summed E-state index contributed by atoms with van der Waals surface area (Å²) >= 11 is 0. The first kappa shape index (κ1) is 11.7. The number of carbonyl (C=O) groups is 1. The maximum Gasteiger partial charge on any atom is 0.254 e. The molecule has 0 bridgehead atoms. The molecule has 92 valence electrons. The number of amides is 1. The van der Waals surface area contributed by atoms with Crippen LogP contribution in [0.3, 0.4) is 0 Å². The molecular weight excluding hydrogens is 220 g/mol. The van der Waals surface area contributed by atoms with E-state index < -0.39 is 0 Å². The Morgan fingerprint density at radius 2 is 1.76 bits per heavy atom. The third kappa shape index (κ3) is 2.50. The molecule has 1 amide bonds. The van der Waals surface area contributed by atoms with Crippen LogP contribution in [0, 0.1) is 0 Å². The van der Waals surface area contributed by atoms with Crippen molar-refractivity contribution in [3.05, 3.63) is 23.8 Å². The van der Waals surface area contributed by atoms with Crippen molar-refractivity contribution in [1.82, 2.24) is 9.80 Å².